The van der Waals surface area contributed by atoms with Crippen LogP contribution in [0.2, 0.25) is 0 Å². The zero-order valence-electron chi connectivity index (χ0n) is 10.9. The summed E-state index contributed by atoms with van der Waals surface area (Å²) in [6.45, 7) is 7.90. The number of alkyl halides is 1. The highest BCUT2D eigenvalue weighted by atomic mass is 19.1. The summed E-state index contributed by atoms with van der Waals surface area (Å²) in [5.41, 5.74) is 2.19. The first-order valence-corrected chi connectivity index (χ1v) is 5.99. The van der Waals surface area contributed by atoms with Gasteiger partial charge in [0.2, 0.25) is 0 Å². The van der Waals surface area contributed by atoms with Crippen molar-refractivity contribution in [1.29, 1.82) is 0 Å². The SMILES string of the molecule is Cc1ccc2c(c1)c(C)nn2CCC(C)(C)F. The lowest BCUT2D eigenvalue weighted by Gasteiger charge is -2.13. The van der Waals surface area contributed by atoms with Crippen LogP contribution in [0.15, 0.2) is 18.2 Å². The first-order valence-electron chi connectivity index (χ1n) is 5.99. The zero-order valence-corrected chi connectivity index (χ0v) is 10.9. The van der Waals surface area contributed by atoms with Crippen LogP contribution in [0.4, 0.5) is 4.39 Å². The van der Waals surface area contributed by atoms with Crippen molar-refractivity contribution in [3.63, 3.8) is 0 Å². The predicted molar refractivity (Wildman–Crippen MR) is 69.0 cm³/mol. The molecule has 1 heterocycles. The molecule has 1 aromatic carbocycles. The molecule has 2 nitrogen and oxygen atoms in total. The van der Waals surface area contributed by atoms with Crippen molar-refractivity contribution >= 4 is 10.9 Å². The molecule has 0 radical (unpaired) electrons. The Morgan fingerprint density at radius 1 is 1.29 bits per heavy atom. The fourth-order valence-electron chi connectivity index (χ4n) is 2.00. The minimum absolute atomic E-state index is 0.483. The lowest BCUT2D eigenvalue weighted by Crippen LogP contribution is -2.16. The van der Waals surface area contributed by atoms with Gasteiger partial charge in [0.15, 0.2) is 0 Å². The lowest BCUT2D eigenvalue weighted by molar-refractivity contribution is 0.190. The molecule has 3 heteroatoms. The van der Waals surface area contributed by atoms with E-state index in [9.17, 15) is 4.39 Å². The summed E-state index contributed by atoms with van der Waals surface area (Å²) in [5, 5.41) is 5.65. The number of benzene rings is 1. The summed E-state index contributed by atoms with van der Waals surface area (Å²) in [4.78, 5) is 0. The molecule has 0 saturated carbocycles. The molecule has 17 heavy (non-hydrogen) atoms. The smallest absolute Gasteiger partial charge is 0.107 e. The van der Waals surface area contributed by atoms with Gasteiger partial charge < -0.3 is 0 Å². The molecule has 0 N–H and O–H groups in total. The molecular formula is C14H19FN2. The summed E-state index contributed by atoms with van der Waals surface area (Å²) in [6.07, 6.45) is 0.483. The van der Waals surface area contributed by atoms with Crippen LogP contribution in [0, 0.1) is 13.8 Å². The Bertz CT molecular complexity index is 535. The second kappa shape index (κ2) is 4.13. The zero-order chi connectivity index (χ0) is 12.6. The van der Waals surface area contributed by atoms with Crippen LogP contribution in [-0.2, 0) is 6.54 Å². The summed E-state index contributed by atoms with van der Waals surface area (Å²) in [5.74, 6) is 0. The summed E-state index contributed by atoms with van der Waals surface area (Å²) < 4.78 is 15.4. The fourth-order valence-corrected chi connectivity index (χ4v) is 2.00. The number of aromatic nitrogens is 2. The van der Waals surface area contributed by atoms with Crippen LogP contribution >= 0.6 is 0 Å². The number of rotatable bonds is 3. The van der Waals surface area contributed by atoms with Gasteiger partial charge in [-0.2, -0.15) is 5.10 Å². The van der Waals surface area contributed by atoms with Gasteiger partial charge in [-0.15, -0.1) is 0 Å². The van der Waals surface area contributed by atoms with Crippen LogP contribution in [0.5, 0.6) is 0 Å². The molecular weight excluding hydrogens is 215 g/mol. The number of hydrogen-bond acceptors (Lipinski definition) is 1. The second-order valence-electron chi connectivity index (χ2n) is 5.30. The summed E-state index contributed by atoms with van der Waals surface area (Å²) in [6, 6.07) is 6.27. The van der Waals surface area contributed by atoms with Crippen molar-refractivity contribution in [2.75, 3.05) is 0 Å². The molecule has 0 spiro atoms. The van der Waals surface area contributed by atoms with E-state index in [1.807, 2.05) is 11.6 Å². The minimum atomic E-state index is -1.14. The molecule has 0 saturated heterocycles. The third kappa shape index (κ3) is 2.65. The van der Waals surface area contributed by atoms with Crippen molar-refractivity contribution in [2.24, 2.45) is 0 Å². The van der Waals surface area contributed by atoms with E-state index in [-0.39, 0.29) is 0 Å². The monoisotopic (exact) mass is 234 g/mol. The van der Waals surface area contributed by atoms with Gasteiger partial charge in [-0.1, -0.05) is 11.6 Å². The van der Waals surface area contributed by atoms with E-state index >= 15 is 0 Å². The Hall–Kier alpha value is -1.38. The number of nitrogens with zero attached hydrogens (tertiary/aromatic N) is 2. The first-order chi connectivity index (χ1) is 7.87. The van der Waals surface area contributed by atoms with E-state index in [0.717, 1.165) is 11.2 Å². The average Bonchev–Trinajstić information content (AvgIpc) is 2.52. The molecule has 0 atom stereocenters. The molecule has 1 aromatic heterocycles. The van der Waals surface area contributed by atoms with Gasteiger partial charge in [0.05, 0.1) is 11.2 Å². The standard InChI is InChI=1S/C14H19FN2/c1-10-5-6-13-12(9-10)11(2)16-17(13)8-7-14(3,4)15/h5-6,9H,7-8H2,1-4H3. The van der Waals surface area contributed by atoms with Crippen molar-refractivity contribution in [3.05, 3.63) is 29.5 Å². The Labute approximate surface area is 101 Å². The molecule has 0 amide bonds. The quantitative estimate of drug-likeness (QED) is 0.790. The van der Waals surface area contributed by atoms with Gasteiger partial charge in [-0.25, -0.2) is 4.39 Å². The maximum absolute atomic E-state index is 13.5. The fraction of sp³-hybridized carbons (Fsp3) is 0.500. The Kier molecular flexibility index (Phi) is 2.94. The predicted octanol–water partition coefficient (Wildman–Crippen LogP) is 3.79. The van der Waals surface area contributed by atoms with Crippen molar-refractivity contribution in [1.82, 2.24) is 9.78 Å². The normalized spacial score (nSPS) is 12.3. The summed E-state index contributed by atoms with van der Waals surface area (Å²) in [7, 11) is 0. The van der Waals surface area contributed by atoms with E-state index < -0.39 is 5.67 Å². The van der Waals surface area contributed by atoms with E-state index in [0.29, 0.717) is 13.0 Å². The van der Waals surface area contributed by atoms with Crippen LogP contribution in [0.3, 0.4) is 0 Å². The van der Waals surface area contributed by atoms with Crippen LogP contribution < -0.4 is 0 Å². The number of aryl methyl sites for hydroxylation is 3. The molecule has 92 valence electrons. The Balaban J connectivity index is 2.36. The first kappa shape index (κ1) is 12.1. The van der Waals surface area contributed by atoms with Gasteiger partial charge in [0.25, 0.3) is 0 Å². The van der Waals surface area contributed by atoms with Gasteiger partial charge in [-0.3, -0.25) is 4.68 Å². The third-order valence-corrected chi connectivity index (χ3v) is 3.01. The highest BCUT2D eigenvalue weighted by molar-refractivity contribution is 5.82. The van der Waals surface area contributed by atoms with Gasteiger partial charge in [0, 0.05) is 18.4 Å². The van der Waals surface area contributed by atoms with Crippen molar-refractivity contribution in [2.45, 2.75) is 46.3 Å². The molecule has 0 fully saturated rings. The number of fused-ring (bicyclic) bond motifs is 1. The molecule has 0 bridgehead atoms. The summed E-state index contributed by atoms with van der Waals surface area (Å²) >= 11 is 0. The maximum Gasteiger partial charge on any atom is 0.107 e. The van der Waals surface area contributed by atoms with Gasteiger partial charge in [-0.05, 0) is 39.8 Å². The largest absolute Gasteiger partial charge is 0.264 e. The molecule has 0 unspecified atom stereocenters. The van der Waals surface area contributed by atoms with Crippen molar-refractivity contribution in [3.8, 4) is 0 Å². The maximum atomic E-state index is 13.5. The number of halogens is 1. The van der Waals surface area contributed by atoms with Crippen LogP contribution in [0.1, 0.15) is 31.5 Å². The second-order valence-corrected chi connectivity index (χ2v) is 5.30. The highest BCUT2D eigenvalue weighted by Crippen LogP contribution is 2.22. The van der Waals surface area contributed by atoms with Crippen LogP contribution in [0.25, 0.3) is 10.9 Å². The van der Waals surface area contributed by atoms with E-state index in [1.165, 1.54) is 10.9 Å². The molecule has 2 aromatic rings. The van der Waals surface area contributed by atoms with Crippen LogP contribution in [-0.4, -0.2) is 15.4 Å². The minimum Gasteiger partial charge on any atom is -0.264 e. The molecule has 0 aliphatic carbocycles. The van der Waals surface area contributed by atoms with E-state index in [2.05, 4.69) is 30.2 Å². The van der Waals surface area contributed by atoms with E-state index in [4.69, 9.17) is 0 Å². The Morgan fingerprint density at radius 2 is 2.00 bits per heavy atom. The lowest BCUT2D eigenvalue weighted by atomic mass is 10.1. The van der Waals surface area contributed by atoms with Gasteiger partial charge in [0.1, 0.15) is 5.67 Å². The van der Waals surface area contributed by atoms with E-state index in [1.54, 1.807) is 13.8 Å². The molecule has 2 rings (SSSR count). The molecule has 0 aliphatic rings. The topological polar surface area (TPSA) is 17.8 Å². The van der Waals surface area contributed by atoms with Crippen molar-refractivity contribution < 1.29 is 4.39 Å². The number of hydrogen-bond donors (Lipinski definition) is 0. The average molecular weight is 234 g/mol. The third-order valence-electron chi connectivity index (χ3n) is 3.01. The Morgan fingerprint density at radius 3 is 2.65 bits per heavy atom. The van der Waals surface area contributed by atoms with Gasteiger partial charge >= 0.3 is 0 Å². The molecule has 0 aliphatic heterocycles. The highest BCUT2D eigenvalue weighted by Gasteiger charge is 2.16.